The summed E-state index contributed by atoms with van der Waals surface area (Å²) in [5.74, 6) is 1.57. The topological polar surface area (TPSA) is 50.8 Å². The van der Waals surface area contributed by atoms with Crippen molar-refractivity contribution in [3.63, 3.8) is 0 Å². The van der Waals surface area contributed by atoms with Gasteiger partial charge >= 0.3 is 0 Å². The van der Waals surface area contributed by atoms with Crippen LogP contribution in [0, 0.1) is 11.3 Å². The molecule has 1 aromatic rings. The summed E-state index contributed by atoms with van der Waals surface area (Å²) in [5, 5.41) is 3.44. The molecule has 0 aromatic heterocycles. The first-order valence-corrected chi connectivity index (χ1v) is 9.27. The summed E-state index contributed by atoms with van der Waals surface area (Å²) in [5.41, 5.74) is 1.39. The summed E-state index contributed by atoms with van der Waals surface area (Å²) in [6.07, 6.45) is 3.60. The van der Waals surface area contributed by atoms with Crippen molar-refractivity contribution in [2.24, 2.45) is 11.3 Å². The second kappa shape index (κ2) is 8.19. The van der Waals surface area contributed by atoms with E-state index in [1.807, 2.05) is 18.2 Å². The number of hydrogen-bond acceptors (Lipinski definition) is 4. The van der Waals surface area contributed by atoms with Crippen molar-refractivity contribution in [1.29, 1.82) is 0 Å². The van der Waals surface area contributed by atoms with Crippen molar-refractivity contribution in [2.45, 2.75) is 25.7 Å². The first-order chi connectivity index (χ1) is 12.2. The summed E-state index contributed by atoms with van der Waals surface area (Å²) in [6.45, 7) is 4.57. The van der Waals surface area contributed by atoms with Gasteiger partial charge in [-0.05, 0) is 55.5 Å². The van der Waals surface area contributed by atoms with Crippen molar-refractivity contribution < 1.29 is 14.3 Å². The van der Waals surface area contributed by atoms with Crippen LogP contribution < -0.4 is 10.1 Å². The van der Waals surface area contributed by atoms with Gasteiger partial charge in [-0.15, -0.1) is 0 Å². The van der Waals surface area contributed by atoms with Gasteiger partial charge in [0.15, 0.2) is 0 Å². The molecule has 5 heteroatoms. The van der Waals surface area contributed by atoms with Crippen LogP contribution in [0.25, 0.3) is 0 Å². The van der Waals surface area contributed by atoms with Gasteiger partial charge in [0.05, 0.1) is 13.7 Å². The number of rotatable bonds is 6. The smallest absolute Gasteiger partial charge is 0.222 e. The number of piperidine rings is 1. The number of ether oxygens (including phenoxy) is 2. The van der Waals surface area contributed by atoms with Crippen LogP contribution in [-0.2, 0) is 16.0 Å². The maximum Gasteiger partial charge on any atom is 0.222 e. The molecule has 0 radical (unpaired) electrons. The Kier molecular flexibility index (Phi) is 5.97. The minimum Gasteiger partial charge on any atom is -0.497 e. The van der Waals surface area contributed by atoms with E-state index in [-0.39, 0.29) is 11.3 Å². The molecule has 0 aliphatic carbocycles. The number of methoxy groups -OCH3 is 2. The van der Waals surface area contributed by atoms with E-state index in [0.717, 1.165) is 63.4 Å². The molecule has 138 valence electrons. The van der Waals surface area contributed by atoms with Gasteiger partial charge < -0.3 is 19.7 Å². The molecule has 1 amide bonds. The van der Waals surface area contributed by atoms with Crippen LogP contribution >= 0.6 is 0 Å². The van der Waals surface area contributed by atoms with Crippen LogP contribution in [0.4, 0.5) is 0 Å². The Labute approximate surface area is 150 Å². The van der Waals surface area contributed by atoms with E-state index in [1.54, 1.807) is 14.2 Å². The van der Waals surface area contributed by atoms with E-state index in [0.29, 0.717) is 12.3 Å². The lowest BCUT2D eigenvalue weighted by atomic mass is 9.71. The second-order valence-electron chi connectivity index (χ2n) is 7.39. The zero-order valence-electron chi connectivity index (χ0n) is 15.4. The van der Waals surface area contributed by atoms with Crippen LogP contribution in [0.15, 0.2) is 24.3 Å². The lowest BCUT2D eigenvalue weighted by molar-refractivity contribution is -0.130. The Hall–Kier alpha value is -1.59. The molecular weight excluding hydrogens is 316 g/mol. The second-order valence-corrected chi connectivity index (χ2v) is 7.39. The average Bonchev–Trinajstić information content (AvgIpc) is 2.98. The molecule has 1 spiro atoms. The Balaban J connectivity index is 1.60. The molecule has 25 heavy (non-hydrogen) atoms. The number of nitrogens with one attached hydrogen (secondary N) is 1. The molecule has 2 aliphatic heterocycles. The van der Waals surface area contributed by atoms with Crippen molar-refractivity contribution in [3.05, 3.63) is 29.8 Å². The third kappa shape index (κ3) is 4.15. The third-order valence-corrected chi connectivity index (χ3v) is 5.89. The number of aryl methyl sites for hydroxylation is 1. The van der Waals surface area contributed by atoms with Crippen LogP contribution in [0.1, 0.15) is 24.8 Å². The molecule has 1 unspecified atom stereocenters. The van der Waals surface area contributed by atoms with Gasteiger partial charge in [-0.1, -0.05) is 12.1 Å². The van der Waals surface area contributed by atoms with Gasteiger partial charge in [-0.3, -0.25) is 4.79 Å². The van der Waals surface area contributed by atoms with Crippen LogP contribution in [0.3, 0.4) is 0 Å². The summed E-state index contributed by atoms with van der Waals surface area (Å²) < 4.78 is 10.7. The normalized spacial score (nSPS) is 22.3. The van der Waals surface area contributed by atoms with Crippen molar-refractivity contribution in [2.75, 3.05) is 47.0 Å². The summed E-state index contributed by atoms with van der Waals surface area (Å²) in [4.78, 5) is 14.9. The van der Waals surface area contributed by atoms with Gasteiger partial charge in [-0.2, -0.15) is 0 Å². The molecule has 2 aliphatic rings. The standard InChI is InChI=1S/C20H30N2O3/c1-24-14-17-13-22(15-20(17)8-10-21-11-9-20)19(23)7-6-16-4-3-5-18(12-16)25-2/h3-5,12,17,21H,6-11,13-15H2,1-2H3. The quantitative estimate of drug-likeness (QED) is 0.857. The number of amides is 1. The molecular formula is C20H30N2O3. The van der Waals surface area contributed by atoms with E-state index in [1.165, 1.54) is 0 Å². The third-order valence-electron chi connectivity index (χ3n) is 5.89. The fourth-order valence-electron chi connectivity index (χ4n) is 4.38. The Bertz CT molecular complexity index is 584. The Morgan fingerprint density at radius 3 is 2.84 bits per heavy atom. The number of benzene rings is 1. The number of likely N-dealkylation sites (tertiary alicyclic amines) is 1. The summed E-state index contributed by atoms with van der Waals surface area (Å²) in [6, 6.07) is 7.98. The molecule has 3 rings (SSSR count). The van der Waals surface area contributed by atoms with Crippen LogP contribution in [-0.4, -0.2) is 57.8 Å². The minimum absolute atomic E-state index is 0.243. The molecule has 5 nitrogen and oxygen atoms in total. The molecule has 2 heterocycles. The van der Waals surface area contributed by atoms with E-state index in [9.17, 15) is 4.79 Å². The van der Waals surface area contributed by atoms with E-state index >= 15 is 0 Å². The SMILES string of the molecule is COCC1CN(C(=O)CCc2cccc(OC)c2)CC12CCNCC2. The molecule has 0 bridgehead atoms. The monoisotopic (exact) mass is 346 g/mol. The predicted molar refractivity (Wildman–Crippen MR) is 97.8 cm³/mol. The summed E-state index contributed by atoms with van der Waals surface area (Å²) >= 11 is 0. The fourth-order valence-corrected chi connectivity index (χ4v) is 4.38. The summed E-state index contributed by atoms with van der Waals surface area (Å²) in [7, 11) is 3.44. The van der Waals surface area contributed by atoms with Crippen molar-refractivity contribution in [1.82, 2.24) is 10.2 Å². The lowest BCUT2D eigenvalue weighted by Crippen LogP contribution is -2.43. The molecule has 1 N–H and O–H groups in total. The van der Waals surface area contributed by atoms with E-state index in [4.69, 9.17) is 9.47 Å². The van der Waals surface area contributed by atoms with Gasteiger partial charge in [0.2, 0.25) is 5.91 Å². The van der Waals surface area contributed by atoms with E-state index < -0.39 is 0 Å². The number of carbonyl (C=O) groups is 1. The maximum absolute atomic E-state index is 12.8. The van der Waals surface area contributed by atoms with E-state index in [2.05, 4.69) is 16.3 Å². The maximum atomic E-state index is 12.8. The largest absolute Gasteiger partial charge is 0.497 e. The van der Waals surface area contributed by atoms with Crippen molar-refractivity contribution >= 4 is 5.91 Å². The highest BCUT2D eigenvalue weighted by Gasteiger charge is 2.47. The zero-order chi connectivity index (χ0) is 17.7. The number of carbonyl (C=O) groups excluding carboxylic acids is 1. The Morgan fingerprint density at radius 2 is 2.12 bits per heavy atom. The Morgan fingerprint density at radius 1 is 1.32 bits per heavy atom. The average molecular weight is 346 g/mol. The van der Waals surface area contributed by atoms with Crippen LogP contribution in [0.2, 0.25) is 0 Å². The minimum atomic E-state index is 0.243. The van der Waals surface area contributed by atoms with Gasteiger partial charge in [0.25, 0.3) is 0 Å². The lowest BCUT2D eigenvalue weighted by Gasteiger charge is -2.38. The first kappa shape index (κ1) is 18.2. The number of hydrogen-bond donors (Lipinski definition) is 1. The fraction of sp³-hybridized carbons (Fsp3) is 0.650. The highest BCUT2D eigenvalue weighted by Crippen LogP contribution is 2.43. The molecule has 2 saturated heterocycles. The first-order valence-electron chi connectivity index (χ1n) is 9.27. The highest BCUT2D eigenvalue weighted by molar-refractivity contribution is 5.77. The van der Waals surface area contributed by atoms with Gasteiger partial charge in [0, 0.05) is 32.5 Å². The van der Waals surface area contributed by atoms with Crippen molar-refractivity contribution in [3.8, 4) is 5.75 Å². The van der Waals surface area contributed by atoms with Crippen LogP contribution in [0.5, 0.6) is 5.75 Å². The highest BCUT2D eigenvalue weighted by atomic mass is 16.5. The molecule has 1 atom stereocenters. The number of nitrogens with zero attached hydrogens (tertiary/aromatic N) is 1. The zero-order valence-corrected chi connectivity index (χ0v) is 15.4. The molecule has 0 saturated carbocycles. The predicted octanol–water partition coefficient (Wildman–Crippen LogP) is 2.10. The van der Waals surface area contributed by atoms with Gasteiger partial charge in [-0.25, -0.2) is 0 Å². The molecule has 2 fully saturated rings. The molecule has 1 aromatic carbocycles. The van der Waals surface area contributed by atoms with Gasteiger partial charge in [0.1, 0.15) is 5.75 Å².